The van der Waals surface area contributed by atoms with Crippen molar-refractivity contribution in [2.45, 2.75) is 13.0 Å². The summed E-state index contributed by atoms with van der Waals surface area (Å²) in [7, 11) is 0. The molecule has 0 aliphatic carbocycles. The van der Waals surface area contributed by atoms with Crippen LogP contribution in [0, 0.1) is 11.6 Å². The maximum absolute atomic E-state index is 14.0. The van der Waals surface area contributed by atoms with E-state index >= 15 is 0 Å². The number of halogens is 2. The van der Waals surface area contributed by atoms with E-state index in [1.165, 1.54) is 6.07 Å². The molecular formula is C17H15F2NO. The van der Waals surface area contributed by atoms with Gasteiger partial charge < -0.3 is 9.73 Å². The van der Waals surface area contributed by atoms with Crippen LogP contribution in [0.4, 0.5) is 8.78 Å². The van der Waals surface area contributed by atoms with Crippen LogP contribution in [-0.2, 0) is 0 Å². The van der Waals surface area contributed by atoms with Crippen molar-refractivity contribution in [1.29, 1.82) is 0 Å². The second kappa shape index (κ2) is 5.66. The lowest BCUT2D eigenvalue weighted by Gasteiger charge is -2.16. The van der Waals surface area contributed by atoms with Gasteiger partial charge in [-0.1, -0.05) is 25.1 Å². The van der Waals surface area contributed by atoms with E-state index in [0.717, 1.165) is 23.1 Å². The number of benzene rings is 2. The van der Waals surface area contributed by atoms with Crippen molar-refractivity contribution in [3.05, 3.63) is 71.5 Å². The van der Waals surface area contributed by atoms with Gasteiger partial charge in [-0.2, -0.15) is 0 Å². The Morgan fingerprint density at radius 3 is 2.67 bits per heavy atom. The number of rotatable bonds is 4. The summed E-state index contributed by atoms with van der Waals surface area (Å²) in [6.45, 7) is 2.52. The molecule has 1 atom stereocenters. The van der Waals surface area contributed by atoms with Crippen molar-refractivity contribution in [1.82, 2.24) is 5.32 Å². The Balaban J connectivity index is 2.10. The van der Waals surface area contributed by atoms with E-state index in [4.69, 9.17) is 4.42 Å². The lowest BCUT2D eigenvalue weighted by molar-refractivity contribution is 0.460. The van der Waals surface area contributed by atoms with E-state index in [-0.39, 0.29) is 5.56 Å². The highest BCUT2D eigenvalue weighted by atomic mass is 19.1. The first-order valence-electron chi connectivity index (χ1n) is 6.86. The van der Waals surface area contributed by atoms with Crippen molar-refractivity contribution >= 4 is 11.0 Å². The molecule has 3 aromatic rings. The van der Waals surface area contributed by atoms with Crippen LogP contribution in [-0.4, -0.2) is 6.54 Å². The largest absolute Gasteiger partial charge is 0.459 e. The Hall–Kier alpha value is -2.20. The fourth-order valence-corrected chi connectivity index (χ4v) is 2.45. The second-order valence-corrected chi connectivity index (χ2v) is 4.84. The Bertz CT molecular complexity index is 733. The molecule has 1 heterocycles. The number of fused-ring (bicyclic) bond motifs is 1. The monoisotopic (exact) mass is 287 g/mol. The molecule has 1 aromatic heterocycles. The summed E-state index contributed by atoms with van der Waals surface area (Å²) in [5, 5.41) is 4.08. The summed E-state index contributed by atoms with van der Waals surface area (Å²) < 4.78 is 33.3. The summed E-state index contributed by atoms with van der Waals surface area (Å²) >= 11 is 0. The van der Waals surface area contributed by atoms with Gasteiger partial charge >= 0.3 is 0 Å². The predicted octanol–water partition coefficient (Wildman–Crippen LogP) is 4.41. The van der Waals surface area contributed by atoms with Crippen LogP contribution < -0.4 is 5.32 Å². The minimum atomic E-state index is -0.516. The number of para-hydroxylation sites is 1. The summed E-state index contributed by atoms with van der Waals surface area (Å²) in [6, 6.07) is 12.4. The lowest BCUT2D eigenvalue weighted by atomic mass is 10.0. The van der Waals surface area contributed by atoms with E-state index in [1.807, 2.05) is 37.3 Å². The van der Waals surface area contributed by atoms with Crippen LogP contribution in [0.1, 0.15) is 24.3 Å². The minimum Gasteiger partial charge on any atom is -0.459 e. The van der Waals surface area contributed by atoms with E-state index in [2.05, 4.69) is 5.32 Å². The van der Waals surface area contributed by atoms with Gasteiger partial charge in [0.2, 0.25) is 0 Å². The Morgan fingerprint density at radius 1 is 1.10 bits per heavy atom. The van der Waals surface area contributed by atoms with Gasteiger partial charge in [-0.05, 0) is 36.9 Å². The molecule has 0 aliphatic heterocycles. The molecule has 0 amide bonds. The van der Waals surface area contributed by atoms with Crippen molar-refractivity contribution in [2.75, 3.05) is 6.54 Å². The lowest BCUT2D eigenvalue weighted by Crippen LogP contribution is -2.22. The van der Waals surface area contributed by atoms with Crippen LogP contribution in [0.5, 0.6) is 0 Å². The van der Waals surface area contributed by atoms with E-state index < -0.39 is 17.7 Å². The van der Waals surface area contributed by atoms with Crippen LogP contribution >= 0.6 is 0 Å². The molecule has 0 saturated heterocycles. The fraction of sp³-hybridized carbons (Fsp3) is 0.176. The van der Waals surface area contributed by atoms with Crippen LogP contribution in [0.2, 0.25) is 0 Å². The molecule has 1 N–H and O–H groups in total. The zero-order valence-electron chi connectivity index (χ0n) is 11.6. The Kier molecular flexibility index (Phi) is 3.71. The van der Waals surface area contributed by atoms with Crippen LogP contribution in [0.15, 0.2) is 52.9 Å². The first-order valence-corrected chi connectivity index (χ1v) is 6.86. The predicted molar refractivity (Wildman–Crippen MR) is 78.1 cm³/mol. The molecule has 2 aromatic carbocycles. The van der Waals surface area contributed by atoms with E-state index in [0.29, 0.717) is 12.3 Å². The molecule has 0 bridgehead atoms. The number of hydrogen-bond donors (Lipinski definition) is 1. The normalized spacial score (nSPS) is 12.7. The molecule has 0 fully saturated rings. The van der Waals surface area contributed by atoms with Gasteiger partial charge in [0.05, 0.1) is 6.04 Å². The molecule has 1 unspecified atom stereocenters. The molecule has 108 valence electrons. The van der Waals surface area contributed by atoms with Crippen LogP contribution in [0.25, 0.3) is 11.0 Å². The number of nitrogens with one attached hydrogen (secondary N) is 1. The topological polar surface area (TPSA) is 25.2 Å². The average molecular weight is 287 g/mol. The molecule has 2 nitrogen and oxygen atoms in total. The van der Waals surface area contributed by atoms with Crippen molar-refractivity contribution in [3.63, 3.8) is 0 Å². The third-order valence-corrected chi connectivity index (χ3v) is 3.41. The summed E-state index contributed by atoms with van der Waals surface area (Å²) in [6.07, 6.45) is 0. The smallest absolute Gasteiger partial charge is 0.134 e. The molecule has 0 saturated carbocycles. The van der Waals surface area contributed by atoms with Gasteiger partial charge in [0, 0.05) is 10.9 Å². The van der Waals surface area contributed by atoms with E-state index in [1.54, 1.807) is 0 Å². The molecule has 0 aliphatic rings. The third kappa shape index (κ3) is 2.67. The second-order valence-electron chi connectivity index (χ2n) is 4.84. The molecule has 3 rings (SSSR count). The highest BCUT2D eigenvalue weighted by Gasteiger charge is 2.21. The van der Waals surface area contributed by atoms with Gasteiger partial charge in [-0.25, -0.2) is 8.78 Å². The molecular weight excluding hydrogens is 272 g/mol. The Labute approximate surface area is 121 Å². The van der Waals surface area contributed by atoms with Crippen LogP contribution in [0.3, 0.4) is 0 Å². The highest BCUT2D eigenvalue weighted by Crippen LogP contribution is 2.30. The summed E-state index contributed by atoms with van der Waals surface area (Å²) in [5.41, 5.74) is 0.975. The maximum atomic E-state index is 14.0. The highest BCUT2D eigenvalue weighted by molar-refractivity contribution is 5.78. The van der Waals surface area contributed by atoms with Gasteiger partial charge in [0.25, 0.3) is 0 Å². The quantitative estimate of drug-likeness (QED) is 0.769. The SMILES string of the molecule is CCNC(c1cc2ccccc2o1)c1cc(F)ccc1F. The standard InChI is InChI=1S/C17H15F2NO/c1-2-20-17(13-10-12(18)7-8-14(13)19)16-9-11-5-3-4-6-15(11)21-16/h3-10,17,20H,2H2,1H3. The first-order chi connectivity index (χ1) is 10.2. The number of furan rings is 1. The zero-order chi connectivity index (χ0) is 14.8. The fourth-order valence-electron chi connectivity index (χ4n) is 2.45. The van der Waals surface area contributed by atoms with Crippen molar-refractivity contribution in [3.8, 4) is 0 Å². The summed E-state index contributed by atoms with van der Waals surface area (Å²) in [5.74, 6) is -0.351. The van der Waals surface area contributed by atoms with Gasteiger partial charge in [0.15, 0.2) is 0 Å². The van der Waals surface area contributed by atoms with E-state index in [9.17, 15) is 8.78 Å². The first kappa shape index (κ1) is 13.8. The van der Waals surface area contributed by atoms with Gasteiger partial charge in [0.1, 0.15) is 23.0 Å². The summed E-state index contributed by atoms with van der Waals surface area (Å²) in [4.78, 5) is 0. The third-order valence-electron chi connectivity index (χ3n) is 3.41. The Morgan fingerprint density at radius 2 is 1.90 bits per heavy atom. The van der Waals surface area contributed by atoms with Gasteiger partial charge in [-0.3, -0.25) is 0 Å². The average Bonchev–Trinajstić information content (AvgIpc) is 2.91. The van der Waals surface area contributed by atoms with Crippen molar-refractivity contribution in [2.24, 2.45) is 0 Å². The number of hydrogen-bond acceptors (Lipinski definition) is 2. The molecule has 21 heavy (non-hydrogen) atoms. The maximum Gasteiger partial charge on any atom is 0.134 e. The molecule has 0 spiro atoms. The van der Waals surface area contributed by atoms with Gasteiger partial charge in [-0.15, -0.1) is 0 Å². The molecule has 4 heteroatoms. The minimum absolute atomic E-state index is 0.246. The molecule has 0 radical (unpaired) electrons. The van der Waals surface area contributed by atoms with Crippen molar-refractivity contribution < 1.29 is 13.2 Å². The zero-order valence-corrected chi connectivity index (χ0v) is 11.6.